The fraction of sp³-hybridized carbons (Fsp3) is 0.333. The van der Waals surface area contributed by atoms with Crippen molar-refractivity contribution in [3.8, 4) is 17.2 Å². The van der Waals surface area contributed by atoms with Crippen LogP contribution in [0.1, 0.15) is 31.9 Å². The first-order valence-electron chi connectivity index (χ1n) is 9.59. The molecule has 0 aliphatic rings. The van der Waals surface area contributed by atoms with Crippen LogP contribution in [-0.4, -0.2) is 20.3 Å². The highest BCUT2D eigenvalue weighted by Gasteiger charge is 2.20. The van der Waals surface area contributed by atoms with E-state index in [2.05, 4.69) is 39.0 Å². The second kappa shape index (κ2) is 8.53. The fourth-order valence-corrected chi connectivity index (χ4v) is 3.31. The Morgan fingerprint density at radius 1 is 0.857 bits per heavy atom. The summed E-state index contributed by atoms with van der Waals surface area (Å²) < 4.78 is 17.4. The molecule has 4 heteroatoms. The summed E-state index contributed by atoms with van der Waals surface area (Å²) in [6.45, 7) is 7.81. The lowest BCUT2D eigenvalue weighted by Gasteiger charge is -2.23. The highest BCUT2D eigenvalue weighted by molar-refractivity contribution is 5.87. The van der Waals surface area contributed by atoms with Crippen molar-refractivity contribution in [2.75, 3.05) is 20.3 Å². The Bertz CT molecular complexity index is 944. The Kier molecular flexibility index (Phi) is 6.10. The summed E-state index contributed by atoms with van der Waals surface area (Å²) in [7, 11) is 1.68. The zero-order valence-electron chi connectivity index (χ0n) is 17.1. The van der Waals surface area contributed by atoms with Gasteiger partial charge >= 0.3 is 0 Å². The van der Waals surface area contributed by atoms with Gasteiger partial charge in [0, 0.05) is 17.7 Å². The number of hydrogen-bond acceptors (Lipinski definition) is 4. The summed E-state index contributed by atoms with van der Waals surface area (Å²) in [5, 5.41) is 2.30. The minimum atomic E-state index is -0.0458. The molecule has 0 radical (unpaired) electrons. The van der Waals surface area contributed by atoms with Crippen LogP contribution in [-0.2, 0) is 12.0 Å². The summed E-state index contributed by atoms with van der Waals surface area (Å²) in [4.78, 5) is 0. The second-order valence-corrected chi connectivity index (χ2v) is 7.78. The monoisotopic (exact) mass is 379 g/mol. The lowest BCUT2D eigenvalue weighted by molar-refractivity contribution is 0.213. The van der Waals surface area contributed by atoms with Crippen molar-refractivity contribution in [2.45, 2.75) is 32.7 Å². The first kappa shape index (κ1) is 20.0. The molecule has 0 spiro atoms. The molecule has 0 bridgehead atoms. The third-order valence-corrected chi connectivity index (χ3v) is 4.79. The molecule has 0 saturated heterocycles. The van der Waals surface area contributed by atoms with Crippen molar-refractivity contribution in [3.63, 3.8) is 0 Å². The predicted molar refractivity (Wildman–Crippen MR) is 115 cm³/mol. The van der Waals surface area contributed by atoms with Crippen LogP contribution < -0.4 is 19.9 Å². The molecule has 0 aliphatic carbocycles. The van der Waals surface area contributed by atoms with Gasteiger partial charge in [-0.3, -0.25) is 0 Å². The molecule has 148 valence electrons. The van der Waals surface area contributed by atoms with E-state index in [0.717, 1.165) is 33.8 Å². The first-order valence-corrected chi connectivity index (χ1v) is 9.59. The van der Waals surface area contributed by atoms with E-state index < -0.39 is 0 Å². The molecule has 0 unspecified atom stereocenters. The molecule has 4 nitrogen and oxygen atoms in total. The van der Waals surface area contributed by atoms with Gasteiger partial charge in [0.2, 0.25) is 0 Å². The van der Waals surface area contributed by atoms with Crippen molar-refractivity contribution < 1.29 is 14.2 Å². The van der Waals surface area contributed by atoms with Gasteiger partial charge in [0.05, 0.1) is 7.11 Å². The molecule has 28 heavy (non-hydrogen) atoms. The molecular formula is C24H29NO3. The number of methoxy groups -OCH3 is 1. The highest BCUT2D eigenvalue weighted by Crippen LogP contribution is 2.34. The third kappa shape index (κ3) is 4.39. The minimum absolute atomic E-state index is 0.0458. The number of rotatable bonds is 7. The molecular weight excluding hydrogens is 350 g/mol. The SMILES string of the molecule is COc1ccc(OCCOc2ccc3ccccc3c2CN)c(C(C)(C)C)c1. The van der Waals surface area contributed by atoms with Crippen LogP contribution in [0.2, 0.25) is 0 Å². The average molecular weight is 380 g/mol. The van der Waals surface area contributed by atoms with Crippen LogP contribution in [0.5, 0.6) is 17.2 Å². The molecule has 3 aromatic carbocycles. The lowest BCUT2D eigenvalue weighted by Crippen LogP contribution is -2.16. The lowest BCUT2D eigenvalue weighted by atomic mass is 9.86. The van der Waals surface area contributed by atoms with E-state index >= 15 is 0 Å². The summed E-state index contributed by atoms with van der Waals surface area (Å²) in [6, 6.07) is 18.2. The van der Waals surface area contributed by atoms with E-state index in [-0.39, 0.29) is 5.41 Å². The summed E-state index contributed by atoms with van der Waals surface area (Å²) in [5.41, 5.74) is 8.08. The fourth-order valence-electron chi connectivity index (χ4n) is 3.31. The zero-order valence-corrected chi connectivity index (χ0v) is 17.1. The van der Waals surface area contributed by atoms with Crippen molar-refractivity contribution in [2.24, 2.45) is 5.73 Å². The van der Waals surface area contributed by atoms with Gasteiger partial charge in [-0.2, -0.15) is 0 Å². The molecule has 0 aliphatic heterocycles. The van der Waals surface area contributed by atoms with E-state index in [1.54, 1.807) is 7.11 Å². The van der Waals surface area contributed by atoms with Gasteiger partial charge in [-0.25, -0.2) is 0 Å². The molecule has 0 heterocycles. The normalized spacial score (nSPS) is 11.5. The maximum atomic E-state index is 6.03. The van der Waals surface area contributed by atoms with Crippen molar-refractivity contribution in [1.29, 1.82) is 0 Å². The minimum Gasteiger partial charge on any atom is -0.497 e. The van der Waals surface area contributed by atoms with Crippen LogP contribution >= 0.6 is 0 Å². The molecule has 0 atom stereocenters. The zero-order chi connectivity index (χ0) is 20.1. The molecule has 0 aromatic heterocycles. The van der Waals surface area contributed by atoms with Gasteiger partial charge in [0.1, 0.15) is 30.5 Å². The van der Waals surface area contributed by atoms with Crippen LogP contribution in [0.4, 0.5) is 0 Å². The van der Waals surface area contributed by atoms with Crippen LogP contribution in [0.15, 0.2) is 54.6 Å². The Labute approximate surface area is 167 Å². The van der Waals surface area contributed by atoms with E-state index in [1.165, 1.54) is 5.39 Å². The number of benzene rings is 3. The van der Waals surface area contributed by atoms with Gasteiger partial charge in [0.25, 0.3) is 0 Å². The number of ether oxygens (including phenoxy) is 3. The van der Waals surface area contributed by atoms with Gasteiger partial charge in [-0.05, 0) is 40.5 Å². The van der Waals surface area contributed by atoms with E-state index in [1.807, 2.05) is 36.4 Å². The maximum absolute atomic E-state index is 6.03. The maximum Gasteiger partial charge on any atom is 0.124 e. The highest BCUT2D eigenvalue weighted by atomic mass is 16.5. The molecule has 0 amide bonds. The average Bonchev–Trinajstić information content (AvgIpc) is 2.70. The molecule has 3 rings (SSSR count). The van der Waals surface area contributed by atoms with E-state index in [9.17, 15) is 0 Å². The Morgan fingerprint density at radius 3 is 2.21 bits per heavy atom. The van der Waals surface area contributed by atoms with Crippen molar-refractivity contribution in [3.05, 3.63) is 65.7 Å². The number of hydrogen-bond donors (Lipinski definition) is 1. The van der Waals surface area contributed by atoms with Gasteiger partial charge in [0.15, 0.2) is 0 Å². The van der Waals surface area contributed by atoms with E-state index in [0.29, 0.717) is 19.8 Å². The standard InChI is InChI=1S/C24H29NO3/c1-24(2,3)21-15-18(26-4)10-12-23(21)28-14-13-27-22-11-9-17-7-5-6-8-19(17)20(22)16-25/h5-12,15H,13-14,16,25H2,1-4H3. The van der Waals surface area contributed by atoms with Crippen molar-refractivity contribution in [1.82, 2.24) is 0 Å². The Hall–Kier alpha value is -2.72. The van der Waals surface area contributed by atoms with E-state index in [4.69, 9.17) is 19.9 Å². The van der Waals surface area contributed by atoms with Crippen LogP contribution in [0, 0.1) is 0 Å². The first-order chi connectivity index (χ1) is 13.4. The summed E-state index contributed by atoms with van der Waals surface area (Å²) >= 11 is 0. The molecule has 0 saturated carbocycles. The molecule has 2 N–H and O–H groups in total. The quantitative estimate of drug-likeness (QED) is 0.583. The largest absolute Gasteiger partial charge is 0.497 e. The third-order valence-electron chi connectivity index (χ3n) is 4.79. The topological polar surface area (TPSA) is 53.7 Å². The Morgan fingerprint density at radius 2 is 1.54 bits per heavy atom. The van der Waals surface area contributed by atoms with Gasteiger partial charge in [-0.1, -0.05) is 51.1 Å². The summed E-state index contributed by atoms with van der Waals surface area (Å²) in [5.74, 6) is 2.50. The second-order valence-electron chi connectivity index (χ2n) is 7.78. The van der Waals surface area contributed by atoms with Gasteiger partial charge < -0.3 is 19.9 Å². The number of fused-ring (bicyclic) bond motifs is 1. The number of nitrogens with two attached hydrogens (primary N) is 1. The van der Waals surface area contributed by atoms with Gasteiger partial charge in [-0.15, -0.1) is 0 Å². The summed E-state index contributed by atoms with van der Waals surface area (Å²) in [6.07, 6.45) is 0. The predicted octanol–water partition coefficient (Wildman–Crippen LogP) is 5.06. The smallest absolute Gasteiger partial charge is 0.124 e. The van der Waals surface area contributed by atoms with Crippen LogP contribution in [0.25, 0.3) is 10.8 Å². The van der Waals surface area contributed by atoms with Crippen molar-refractivity contribution >= 4 is 10.8 Å². The molecule has 3 aromatic rings. The molecule has 0 fully saturated rings. The Balaban J connectivity index is 1.69. The van der Waals surface area contributed by atoms with Crippen LogP contribution in [0.3, 0.4) is 0 Å².